The van der Waals surface area contributed by atoms with Gasteiger partial charge in [0, 0.05) is 19.2 Å². The minimum Gasteiger partial charge on any atom is -0.489 e. The van der Waals surface area contributed by atoms with Gasteiger partial charge in [0.25, 0.3) is 5.91 Å². The molecule has 1 aromatic heterocycles. The van der Waals surface area contributed by atoms with E-state index in [9.17, 15) is 35.9 Å². The van der Waals surface area contributed by atoms with E-state index >= 15 is 0 Å². The zero-order valence-electron chi connectivity index (χ0n) is 21.4. The summed E-state index contributed by atoms with van der Waals surface area (Å²) in [7, 11) is -3.40. The number of aliphatic hydroxyl groups is 1. The molecule has 1 aliphatic rings. The van der Waals surface area contributed by atoms with Gasteiger partial charge in [-0.1, -0.05) is 19.1 Å². The van der Waals surface area contributed by atoms with Crippen LogP contribution in [0.4, 0.5) is 23.4 Å². The van der Waals surface area contributed by atoms with Crippen molar-refractivity contribution in [3.05, 3.63) is 83.3 Å². The van der Waals surface area contributed by atoms with Crippen LogP contribution in [-0.2, 0) is 16.0 Å². The second-order valence-corrected chi connectivity index (χ2v) is 11.5. The van der Waals surface area contributed by atoms with E-state index in [1.54, 1.807) is 4.90 Å². The number of benzene rings is 2. The van der Waals surface area contributed by atoms with Gasteiger partial charge in [-0.25, -0.2) is 17.8 Å². The maximum Gasteiger partial charge on any atom is 0.416 e. The average molecular weight is 582 g/mol. The molecular weight excluding hydrogens is 554 g/mol. The number of alkyl halides is 3. The second-order valence-electron chi connectivity index (χ2n) is 9.21. The number of carbonyl (C=O) groups excluding carboxylic acids is 1. The number of pyridine rings is 1. The lowest BCUT2D eigenvalue weighted by Crippen LogP contribution is -2.31. The Labute approximate surface area is 228 Å². The Morgan fingerprint density at radius 3 is 2.42 bits per heavy atom. The van der Waals surface area contributed by atoms with Crippen LogP contribution in [0.1, 0.15) is 40.9 Å². The molecule has 40 heavy (non-hydrogen) atoms. The third-order valence-electron chi connectivity index (χ3n) is 6.52. The van der Waals surface area contributed by atoms with Gasteiger partial charge in [-0.15, -0.1) is 0 Å². The minimum atomic E-state index is -4.45. The minimum absolute atomic E-state index is 0.00139. The number of aromatic nitrogens is 1. The lowest BCUT2D eigenvalue weighted by molar-refractivity contribution is -0.137. The molecule has 2 heterocycles. The number of halogens is 4. The summed E-state index contributed by atoms with van der Waals surface area (Å²) in [6.45, 7) is 1.68. The summed E-state index contributed by atoms with van der Waals surface area (Å²) in [5.41, 5.74) is -0.400. The third kappa shape index (κ3) is 6.70. The van der Waals surface area contributed by atoms with Crippen molar-refractivity contribution in [3.8, 4) is 5.75 Å². The molecule has 0 spiro atoms. The van der Waals surface area contributed by atoms with E-state index in [-0.39, 0.29) is 34.3 Å². The zero-order valence-corrected chi connectivity index (χ0v) is 22.2. The van der Waals surface area contributed by atoms with E-state index in [1.807, 2.05) is 0 Å². The molecule has 1 fully saturated rings. The van der Waals surface area contributed by atoms with Crippen LogP contribution < -0.4 is 15.0 Å². The zero-order chi connectivity index (χ0) is 29.1. The quantitative estimate of drug-likeness (QED) is 0.366. The van der Waals surface area contributed by atoms with Gasteiger partial charge in [0.2, 0.25) is 0 Å². The van der Waals surface area contributed by atoms with E-state index in [4.69, 9.17) is 4.74 Å². The number of nitrogens with zero attached hydrogens (tertiary/aromatic N) is 2. The van der Waals surface area contributed by atoms with E-state index in [0.717, 1.165) is 18.2 Å². The highest BCUT2D eigenvalue weighted by Crippen LogP contribution is 2.31. The number of amides is 1. The summed E-state index contributed by atoms with van der Waals surface area (Å²) < 4.78 is 83.0. The Bertz CT molecular complexity index is 1450. The molecule has 8 nitrogen and oxygen atoms in total. The van der Waals surface area contributed by atoms with E-state index in [1.165, 1.54) is 49.5 Å². The largest absolute Gasteiger partial charge is 0.489 e. The Kier molecular flexibility index (Phi) is 8.64. The van der Waals surface area contributed by atoms with E-state index < -0.39 is 52.1 Å². The lowest BCUT2D eigenvalue weighted by atomic mass is 10.1. The van der Waals surface area contributed by atoms with Crippen LogP contribution >= 0.6 is 0 Å². The van der Waals surface area contributed by atoms with Gasteiger partial charge >= 0.3 is 6.18 Å². The summed E-state index contributed by atoms with van der Waals surface area (Å²) in [6, 6.07) is 10.2. The van der Waals surface area contributed by atoms with E-state index in [2.05, 4.69) is 10.3 Å². The average Bonchev–Trinajstić information content (AvgIpc) is 3.39. The number of anilines is 1. The fourth-order valence-electron chi connectivity index (χ4n) is 4.27. The first-order valence-corrected chi connectivity index (χ1v) is 14.1. The number of sulfone groups is 1. The maximum absolute atomic E-state index is 15.0. The van der Waals surface area contributed by atoms with Crippen molar-refractivity contribution in [2.45, 2.75) is 36.6 Å². The van der Waals surface area contributed by atoms with Gasteiger partial charge in [-0.2, -0.15) is 13.2 Å². The molecule has 0 radical (unpaired) electrons. The lowest BCUT2D eigenvalue weighted by Gasteiger charge is -2.20. The molecule has 1 aliphatic heterocycles. The molecule has 214 valence electrons. The van der Waals surface area contributed by atoms with Crippen LogP contribution in [0.5, 0.6) is 5.75 Å². The number of ether oxygens (including phenoxy) is 1. The van der Waals surface area contributed by atoms with Crippen LogP contribution in [0.3, 0.4) is 0 Å². The van der Waals surface area contributed by atoms with Crippen molar-refractivity contribution in [2.75, 3.05) is 30.3 Å². The highest BCUT2D eigenvalue weighted by Gasteiger charge is 2.31. The monoisotopic (exact) mass is 581 g/mol. The molecule has 0 bridgehead atoms. The molecule has 2 aromatic carbocycles. The summed E-state index contributed by atoms with van der Waals surface area (Å²) in [5.74, 6) is -1.24. The fourth-order valence-corrected chi connectivity index (χ4v) is 5.15. The fraction of sp³-hybridized carbons (Fsp3) is 0.333. The van der Waals surface area contributed by atoms with Crippen LogP contribution in [0.15, 0.2) is 65.7 Å². The number of hydrogen-bond acceptors (Lipinski definition) is 7. The molecule has 3 aromatic rings. The smallest absolute Gasteiger partial charge is 0.416 e. The Balaban J connectivity index is 1.38. The first-order valence-electron chi connectivity index (χ1n) is 12.4. The topological polar surface area (TPSA) is 109 Å². The number of hydrogen-bond donors (Lipinski definition) is 2. The molecule has 1 saturated heterocycles. The van der Waals surface area contributed by atoms with Crippen LogP contribution in [0.2, 0.25) is 0 Å². The molecule has 1 amide bonds. The predicted molar refractivity (Wildman–Crippen MR) is 138 cm³/mol. The summed E-state index contributed by atoms with van der Waals surface area (Å²) >= 11 is 0. The van der Waals surface area contributed by atoms with E-state index in [0.29, 0.717) is 18.5 Å². The predicted octanol–water partition coefficient (Wildman–Crippen LogP) is 4.15. The molecule has 0 saturated carbocycles. The summed E-state index contributed by atoms with van der Waals surface area (Å²) in [5, 5.41) is 12.4. The van der Waals surface area contributed by atoms with Crippen molar-refractivity contribution in [1.82, 2.24) is 10.3 Å². The standard InChI is InChI=1S/C27H27F4N3O5S/c1-2-40(37,38)22-9-3-17(4-10-22)24(16-35)33-26(36)18-13-23(28)25(32-14-18)34-12-11-21(15-34)39-20-7-5-19(6-8-20)27(29,30)31/h3-10,13-14,21,24,35H,2,11-12,15-16H2,1H3,(H,33,36)/t21-,24-/m0/s1. The number of rotatable bonds is 9. The summed E-state index contributed by atoms with van der Waals surface area (Å²) in [4.78, 5) is 18.6. The van der Waals surface area contributed by atoms with Gasteiger partial charge in [-0.05, 0) is 48.0 Å². The molecule has 13 heteroatoms. The highest BCUT2D eigenvalue weighted by atomic mass is 32.2. The third-order valence-corrected chi connectivity index (χ3v) is 8.27. The van der Waals surface area contributed by atoms with Crippen molar-refractivity contribution in [2.24, 2.45) is 0 Å². The Morgan fingerprint density at radius 1 is 1.18 bits per heavy atom. The van der Waals surface area contributed by atoms with Crippen molar-refractivity contribution in [1.29, 1.82) is 0 Å². The Hall–Kier alpha value is -3.71. The van der Waals surface area contributed by atoms with Crippen LogP contribution in [-0.4, -0.2) is 56.0 Å². The van der Waals surface area contributed by atoms with Gasteiger partial charge in [0.05, 0.1) is 41.0 Å². The normalized spacial score (nSPS) is 16.6. The number of nitrogens with one attached hydrogen (secondary N) is 1. The van der Waals surface area contributed by atoms with Gasteiger partial charge < -0.3 is 20.1 Å². The van der Waals surface area contributed by atoms with Gasteiger partial charge in [0.1, 0.15) is 11.9 Å². The SMILES string of the molecule is CCS(=O)(=O)c1ccc([C@H](CO)NC(=O)c2cnc(N3CC[C@H](Oc4ccc(C(F)(F)F)cc4)C3)c(F)c2)cc1. The molecule has 0 unspecified atom stereocenters. The van der Waals surface area contributed by atoms with Gasteiger partial charge in [0.15, 0.2) is 21.5 Å². The molecule has 2 N–H and O–H groups in total. The van der Waals surface area contributed by atoms with Gasteiger partial charge in [-0.3, -0.25) is 4.79 Å². The summed E-state index contributed by atoms with van der Waals surface area (Å²) in [6.07, 6.45) is -3.16. The molecular formula is C27H27F4N3O5S. The maximum atomic E-state index is 15.0. The first kappa shape index (κ1) is 29.3. The first-order chi connectivity index (χ1) is 18.9. The van der Waals surface area contributed by atoms with Crippen LogP contribution in [0.25, 0.3) is 0 Å². The molecule has 0 aliphatic carbocycles. The molecule has 2 atom stereocenters. The molecule has 4 rings (SSSR count). The number of carbonyl (C=O) groups is 1. The number of aliphatic hydroxyl groups excluding tert-OH is 1. The van der Waals surface area contributed by atoms with Crippen molar-refractivity contribution >= 4 is 21.6 Å². The Morgan fingerprint density at radius 2 is 1.85 bits per heavy atom. The van der Waals surface area contributed by atoms with Crippen LogP contribution in [0, 0.1) is 5.82 Å². The highest BCUT2D eigenvalue weighted by molar-refractivity contribution is 7.91. The van der Waals surface area contributed by atoms with Crippen molar-refractivity contribution < 1.29 is 40.6 Å². The van der Waals surface area contributed by atoms with Crippen molar-refractivity contribution in [3.63, 3.8) is 0 Å². The second kappa shape index (κ2) is 11.8.